The highest BCUT2D eigenvalue weighted by Gasteiger charge is 2.25. The Morgan fingerprint density at radius 3 is 2.03 bits per heavy atom. The van der Waals surface area contributed by atoms with Crippen molar-refractivity contribution in [1.82, 2.24) is 43.6 Å². The minimum atomic E-state index is -0.677. The number of nitrogens with two attached hydrogens (primary N) is 3. The van der Waals surface area contributed by atoms with Crippen LogP contribution < -0.4 is 37.9 Å². The summed E-state index contributed by atoms with van der Waals surface area (Å²) in [6, 6.07) is 8.04. The largest absolute Gasteiger partial charge is 0.494 e. The number of nitrogens with zero attached hydrogens (tertiary/aromatic N) is 9. The number of hydrogen-bond acceptors (Lipinski definition) is 13. The number of aromatic nitrogens is 8. The van der Waals surface area contributed by atoms with Gasteiger partial charge in [-0.3, -0.25) is 44.1 Å². The van der Waals surface area contributed by atoms with Gasteiger partial charge in [0.05, 0.1) is 59.6 Å². The third kappa shape index (κ3) is 9.19. The van der Waals surface area contributed by atoms with Crippen LogP contribution in [0, 0.1) is 13.8 Å². The van der Waals surface area contributed by atoms with Gasteiger partial charge in [-0.05, 0) is 71.0 Å². The van der Waals surface area contributed by atoms with Gasteiger partial charge in [-0.25, -0.2) is 9.97 Å². The van der Waals surface area contributed by atoms with E-state index in [1.165, 1.54) is 23.9 Å². The number of nitrogen functional groups attached to an aromatic ring is 1. The van der Waals surface area contributed by atoms with E-state index in [9.17, 15) is 19.2 Å². The van der Waals surface area contributed by atoms with Crippen molar-refractivity contribution in [2.75, 3.05) is 68.2 Å². The maximum absolute atomic E-state index is 13.8. The molecule has 0 saturated carbocycles. The molecule has 0 spiro atoms. The Balaban J connectivity index is 1.26. The van der Waals surface area contributed by atoms with E-state index in [1.807, 2.05) is 37.5 Å². The van der Waals surface area contributed by atoms with Crippen LogP contribution in [-0.2, 0) is 30.9 Å². The molecule has 0 bridgehead atoms. The molecule has 9 N–H and O–H groups in total. The Morgan fingerprint density at radius 1 is 0.810 bits per heavy atom. The number of anilines is 4. The standard InChI is InChI=1S/C42H53N15O6/c1-6-56-31(19-24(3)51-56)39(60)49-41-47-29-21-26(37(44)58)20-28(46-11-10-12-53-15-17-63-18-16-53)34(29)54(41)13-8-9-14-55-35-30(22-27(38(45)59)23-32(35)62-5)48-42(55)50-40(61)36-33(43)25(4)52-57(36)7-2/h8-9,19-23,46H,6-7,10-18,43H2,1-5H3,(H2,44,58)(H2,45,59)(H,47,49,60)(H,48,50,61)/b9-8+. The van der Waals surface area contributed by atoms with Gasteiger partial charge in [0.15, 0.2) is 0 Å². The fraction of sp³-hybridized carbons (Fsp3) is 0.381. The van der Waals surface area contributed by atoms with Gasteiger partial charge in [0, 0.05) is 56.9 Å². The van der Waals surface area contributed by atoms with Crippen LogP contribution in [0.5, 0.6) is 5.75 Å². The first-order valence-corrected chi connectivity index (χ1v) is 20.7. The number of primary amides is 2. The molecule has 21 nitrogen and oxygen atoms in total. The second-order valence-electron chi connectivity index (χ2n) is 15.0. The Bertz CT molecular complexity index is 2740. The van der Waals surface area contributed by atoms with E-state index in [0.717, 1.165) is 26.1 Å². The van der Waals surface area contributed by atoms with Crippen LogP contribution >= 0.6 is 0 Å². The first-order chi connectivity index (χ1) is 30.3. The summed E-state index contributed by atoms with van der Waals surface area (Å²) in [5.41, 5.74) is 22.7. The van der Waals surface area contributed by atoms with Gasteiger partial charge in [0.25, 0.3) is 11.8 Å². The Morgan fingerprint density at radius 2 is 1.41 bits per heavy atom. The first kappa shape index (κ1) is 43.8. The van der Waals surface area contributed by atoms with E-state index in [0.29, 0.717) is 83.4 Å². The number of morpholine rings is 1. The average molecular weight is 864 g/mol. The molecule has 332 valence electrons. The summed E-state index contributed by atoms with van der Waals surface area (Å²) >= 11 is 0. The van der Waals surface area contributed by atoms with Crippen LogP contribution in [0.2, 0.25) is 0 Å². The number of aryl methyl sites for hydroxylation is 4. The van der Waals surface area contributed by atoms with Crippen molar-refractivity contribution in [3.05, 3.63) is 76.4 Å². The molecule has 4 amide bonds. The SMILES string of the molecule is CCn1nc(C)cc1C(=O)Nc1nc2cc(C(N)=O)cc(NCCCN3CCOCC3)c2n1C/C=C/Cn1c(NC(=O)c2c(N)c(C)nn2CC)nc2cc(C(N)=O)cc(OC)c21. The fourth-order valence-electron chi connectivity index (χ4n) is 7.69. The average Bonchev–Trinajstić information content (AvgIpc) is 4.01. The fourth-order valence-corrected chi connectivity index (χ4v) is 7.69. The molecule has 0 aliphatic carbocycles. The molecule has 4 aromatic heterocycles. The summed E-state index contributed by atoms with van der Waals surface area (Å²) in [7, 11) is 1.46. The van der Waals surface area contributed by atoms with E-state index in [2.05, 4.69) is 31.0 Å². The van der Waals surface area contributed by atoms with Gasteiger partial charge >= 0.3 is 0 Å². The number of imidazole rings is 2. The van der Waals surface area contributed by atoms with Crippen molar-refractivity contribution in [2.24, 2.45) is 11.5 Å². The van der Waals surface area contributed by atoms with Crippen LogP contribution in [0.3, 0.4) is 0 Å². The number of methoxy groups -OCH3 is 1. The number of allylic oxidation sites excluding steroid dienone is 2. The normalized spacial score (nSPS) is 13.3. The van der Waals surface area contributed by atoms with Crippen LogP contribution in [0.15, 0.2) is 42.5 Å². The number of rotatable bonds is 18. The van der Waals surface area contributed by atoms with E-state index >= 15 is 0 Å². The van der Waals surface area contributed by atoms with Crippen LogP contribution in [0.4, 0.5) is 23.3 Å². The van der Waals surface area contributed by atoms with E-state index in [-0.39, 0.29) is 47.5 Å². The molecule has 0 unspecified atom stereocenters. The maximum Gasteiger partial charge on any atom is 0.278 e. The predicted octanol–water partition coefficient (Wildman–Crippen LogP) is 3.12. The molecule has 5 heterocycles. The lowest BCUT2D eigenvalue weighted by molar-refractivity contribution is 0.0378. The molecule has 1 aliphatic heterocycles. The zero-order valence-electron chi connectivity index (χ0n) is 36.0. The summed E-state index contributed by atoms with van der Waals surface area (Å²) in [6.45, 7) is 13.1. The zero-order valence-corrected chi connectivity index (χ0v) is 36.0. The molecular weight excluding hydrogens is 811 g/mol. The van der Waals surface area contributed by atoms with Gasteiger partial charge in [-0.15, -0.1) is 0 Å². The van der Waals surface area contributed by atoms with Crippen molar-refractivity contribution in [3.8, 4) is 5.75 Å². The molecule has 21 heteroatoms. The molecule has 1 aliphatic rings. The van der Waals surface area contributed by atoms with E-state index < -0.39 is 23.6 Å². The van der Waals surface area contributed by atoms with Crippen LogP contribution in [0.1, 0.15) is 73.3 Å². The molecule has 1 fully saturated rings. The molecule has 63 heavy (non-hydrogen) atoms. The molecule has 1 saturated heterocycles. The first-order valence-electron chi connectivity index (χ1n) is 20.7. The van der Waals surface area contributed by atoms with Crippen molar-refractivity contribution in [3.63, 3.8) is 0 Å². The molecular formula is C42H53N15O6. The van der Waals surface area contributed by atoms with Crippen LogP contribution in [0.25, 0.3) is 22.1 Å². The van der Waals surface area contributed by atoms with E-state index in [1.54, 1.807) is 34.4 Å². The van der Waals surface area contributed by atoms with Gasteiger partial charge in [-0.1, -0.05) is 12.2 Å². The van der Waals surface area contributed by atoms with Gasteiger partial charge in [0.1, 0.15) is 22.7 Å². The number of hydrogen-bond donors (Lipinski definition) is 6. The molecule has 2 aromatic carbocycles. The third-order valence-electron chi connectivity index (χ3n) is 10.8. The lowest BCUT2D eigenvalue weighted by Gasteiger charge is -2.26. The zero-order chi connectivity index (χ0) is 44.9. The Labute approximate surface area is 362 Å². The Kier molecular flexibility index (Phi) is 13.1. The minimum Gasteiger partial charge on any atom is -0.494 e. The maximum atomic E-state index is 13.8. The molecule has 0 radical (unpaired) electrons. The summed E-state index contributed by atoms with van der Waals surface area (Å²) in [5.74, 6) is -1.58. The monoisotopic (exact) mass is 863 g/mol. The molecule has 6 aromatic rings. The van der Waals surface area contributed by atoms with Gasteiger partial charge < -0.3 is 41.1 Å². The summed E-state index contributed by atoms with van der Waals surface area (Å²) in [5, 5.41) is 18.2. The van der Waals surface area contributed by atoms with Gasteiger partial charge in [-0.2, -0.15) is 10.2 Å². The second-order valence-corrected chi connectivity index (χ2v) is 15.0. The number of nitrogens with one attached hydrogen (secondary N) is 3. The van der Waals surface area contributed by atoms with Crippen molar-refractivity contribution in [1.29, 1.82) is 0 Å². The predicted molar refractivity (Wildman–Crippen MR) is 238 cm³/mol. The van der Waals surface area contributed by atoms with Crippen LogP contribution in [-0.4, -0.2) is 114 Å². The number of amides is 4. The lowest BCUT2D eigenvalue weighted by atomic mass is 10.1. The molecule has 7 rings (SSSR count). The number of ether oxygens (including phenoxy) is 2. The van der Waals surface area contributed by atoms with Gasteiger partial charge in [0.2, 0.25) is 23.7 Å². The quantitative estimate of drug-likeness (QED) is 0.0536. The van der Waals surface area contributed by atoms with Crippen molar-refractivity contribution < 1.29 is 28.7 Å². The third-order valence-corrected chi connectivity index (χ3v) is 10.8. The van der Waals surface area contributed by atoms with Crippen molar-refractivity contribution >= 4 is 69.0 Å². The molecule has 0 atom stereocenters. The topological polar surface area (TPSA) is 275 Å². The highest BCUT2D eigenvalue weighted by Crippen LogP contribution is 2.33. The number of carbonyl (C=O) groups excluding carboxylic acids is 4. The second kappa shape index (κ2) is 18.8. The summed E-state index contributed by atoms with van der Waals surface area (Å²) < 4.78 is 17.9. The van der Waals surface area contributed by atoms with Crippen molar-refractivity contribution in [2.45, 2.75) is 60.3 Å². The lowest BCUT2D eigenvalue weighted by Crippen LogP contribution is -2.37. The smallest absolute Gasteiger partial charge is 0.278 e. The highest BCUT2D eigenvalue weighted by atomic mass is 16.5. The summed E-state index contributed by atoms with van der Waals surface area (Å²) in [6.07, 6.45) is 4.54. The number of fused-ring (bicyclic) bond motifs is 2. The Hall–Kier alpha value is -7.26. The highest BCUT2D eigenvalue weighted by molar-refractivity contribution is 6.08. The minimum absolute atomic E-state index is 0.145. The van der Waals surface area contributed by atoms with E-state index in [4.69, 9.17) is 36.6 Å². The number of benzene rings is 2. The number of carbonyl (C=O) groups is 4. The summed E-state index contributed by atoms with van der Waals surface area (Å²) in [4.78, 5) is 64.4.